The largest absolute Gasteiger partial charge is 0.492 e. The van der Waals surface area contributed by atoms with Gasteiger partial charge in [0.2, 0.25) is 0 Å². The molecule has 1 atom stereocenters. The number of benzene rings is 2. The molecule has 1 aliphatic rings. The van der Waals surface area contributed by atoms with Gasteiger partial charge in [-0.25, -0.2) is 0 Å². The number of carbonyl (C=O) groups excluding carboxylic acids is 1. The van der Waals surface area contributed by atoms with Crippen LogP contribution in [-0.2, 0) is 6.42 Å². The Morgan fingerprint density at radius 1 is 1.32 bits per heavy atom. The van der Waals surface area contributed by atoms with Gasteiger partial charge in [-0.3, -0.25) is 4.79 Å². The molecule has 2 aromatic carbocycles. The molecule has 0 aliphatic carbocycles. The van der Waals surface area contributed by atoms with Gasteiger partial charge in [0.05, 0.1) is 12.3 Å². The highest BCUT2D eigenvalue weighted by Crippen LogP contribution is 2.38. The molecule has 2 heterocycles. The number of para-hydroxylation sites is 1. The summed E-state index contributed by atoms with van der Waals surface area (Å²) in [5, 5.41) is 3.95. The van der Waals surface area contributed by atoms with Crippen LogP contribution >= 0.6 is 0 Å². The maximum atomic E-state index is 12.7. The predicted molar refractivity (Wildman–Crippen MR) is 97.7 cm³/mol. The summed E-state index contributed by atoms with van der Waals surface area (Å²) in [6, 6.07) is 13.5. The van der Waals surface area contributed by atoms with E-state index in [9.17, 15) is 4.79 Å². The van der Waals surface area contributed by atoms with Gasteiger partial charge in [0.1, 0.15) is 23.3 Å². The fourth-order valence-electron chi connectivity index (χ4n) is 3.20. The van der Waals surface area contributed by atoms with E-state index in [1.165, 1.54) is 0 Å². The summed E-state index contributed by atoms with van der Waals surface area (Å²) in [7, 11) is 0. The highest BCUT2D eigenvalue weighted by atomic mass is 16.5. The number of hydrogen-bond donors (Lipinski definition) is 2. The van der Waals surface area contributed by atoms with Crippen LogP contribution in [0, 0.1) is 0 Å². The topological polar surface area (TPSA) is 63.3 Å². The molecule has 0 saturated heterocycles. The molecule has 25 heavy (non-hydrogen) atoms. The zero-order chi connectivity index (χ0) is 17.4. The van der Waals surface area contributed by atoms with Gasteiger partial charge in [-0.05, 0) is 32.0 Å². The number of ether oxygens (including phenoxy) is 2. The smallest absolute Gasteiger partial charge is 0.272 e. The van der Waals surface area contributed by atoms with Crippen molar-refractivity contribution in [1.82, 2.24) is 4.98 Å². The third-order valence-electron chi connectivity index (χ3n) is 4.32. The molecule has 0 radical (unpaired) electrons. The van der Waals surface area contributed by atoms with E-state index < -0.39 is 0 Å². The molecule has 128 valence electrons. The highest BCUT2D eigenvalue weighted by molar-refractivity contribution is 6.06. The first-order valence-corrected chi connectivity index (χ1v) is 8.49. The van der Waals surface area contributed by atoms with E-state index >= 15 is 0 Å². The Labute approximate surface area is 146 Å². The molecule has 2 N–H and O–H groups in total. The number of hydrogen-bond acceptors (Lipinski definition) is 3. The second-order valence-electron chi connectivity index (χ2n) is 6.25. The number of amides is 1. The molecule has 0 fully saturated rings. The van der Waals surface area contributed by atoms with Crippen LogP contribution in [0.1, 0.15) is 29.9 Å². The van der Waals surface area contributed by atoms with Crippen molar-refractivity contribution in [3.63, 3.8) is 0 Å². The summed E-state index contributed by atoms with van der Waals surface area (Å²) in [6.45, 7) is 4.49. The van der Waals surface area contributed by atoms with E-state index in [4.69, 9.17) is 9.47 Å². The molecule has 4 rings (SSSR count). The Hall–Kier alpha value is -2.95. The second-order valence-corrected chi connectivity index (χ2v) is 6.25. The van der Waals surface area contributed by atoms with E-state index in [0.29, 0.717) is 23.7 Å². The second kappa shape index (κ2) is 6.16. The van der Waals surface area contributed by atoms with E-state index in [1.807, 2.05) is 56.3 Å². The van der Waals surface area contributed by atoms with Crippen LogP contribution in [0.15, 0.2) is 42.5 Å². The first kappa shape index (κ1) is 15.6. The maximum Gasteiger partial charge on any atom is 0.272 e. The average Bonchev–Trinajstić information content (AvgIpc) is 3.17. The standard InChI is InChI=1S/C20H20N2O3/c1-3-24-19-10-14-8-12(2)25-18(14)11-16(19)22-20(23)17-9-13-6-4-5-7-15(13)21-17/h4-7,9-12,21H,3,8H2,1-2H3,(H,22,23)/t12-/m0/s1. The van der Waals surface area contributed by atoms with Crippen molar-refractivity contribution in [2.24, 2.45) is 0 Å². The van der Waals surface area contributed by atoms with Crippen molar-refractivity contribution in [3.8, 4) is 11.5 Å². The van der Waals surface area contributed by atoms with Crippen LogP contribution in [0.2, 0.25) is 0 Å². The maximum absolute atomic E-state index is 12.7. The summed E-state index contributed by atoms with van der Waals surface area (Å²) < 4.78 is 11.5. The van der Waals surface area contributed by atoms with E-state index in [1.54, 1.807) is 0 Å². The summed E-state index contributed by atoms with van der Waals surface area (Å²) in [6.07, 6.45) is 0.996. The van der Waals surface area contributed by atoms with E-state index in [-0.39, 0.29) is 12.0 Å². The minimum atomic E-state index is -0.205. The van der Waals surface area contributed by atoms with Gasteiger partial charge in [-0.1, -0.05) is 18.2 Å². The fraction of sp³-hybridized carbons (Fsp3) is 0.250. The molecule has 5 nitrogen and oxygen atoms in total. The molecule has 0 spiro atoms. The Bertz CT molecular complexity index is 912. The van der Waals surface area contributed by atoms with Crippen molar-refractivity contribution >= 4 is 22.5 Å². The third kappa shape index (κ3) is 2.93. The number of anilines is 1. The first-order valence-electron chi connectivity index (χ1n) is 8.49. The van der Waals surface area contributed by atoms with Gasteiger partial charge in [0.15, 0.2) is 0 Å². The quantitative estimate of drug-likeness (QED) is 0.752. The van der Waals surface area contributed by atoms with E-state index in [0.717, 1.165) is 28.6 Å². The molecule has 0 bridgehead atoms. The Balaban J connectivity index is 1.65. The zero-order valence-electron chi connectivity index (χ0n) is 14.3. The number of fused-ring (bicyclic) bond motifs is 2. The summed E-state index contributed by atoms with van der Waals surface area (Å²) in [4.78, 5) is 15.8. The van der Waals surface area contributed by atoms with Crippen LogP contribution in [0.3, 0.4) is 0 Å². The van der Waals surface area contributed by atoms with Gasteiger partial charge in [0.25, 0.3) is 5.91 Å². The molecule has 0 saturated carbocycles. The third-order valence-corrected chi connectivity index (χ3v) is 4.32. The lowest BCUT2D eigenvalue weighted by atomic mass is 10.1. The Kier molecular flexibility index (Phi) is 3.84. The number of H-pyrrole nitrogens is 1. The van der Waals surface area contributed by atoms with Gasteiger partial charge in [-0.2, -0.15) is 0 Å². The van der Waals surface area contributed by atoms with Gasteiger partial charge >= 0.3 is 0 Å². The molecule has 1 aromatic heterocycles. The van der Waals surface area contributed by atoms with Crippen molar-refractivity contribution in [3.05, 3.63) is 53.7 Å². The molecule has 1 aliphatic heterocycles. The first-order chi connectivity index (χ1) is 12.1. The number of nitrogens with one attached hydrogen (secondary N) is 2. The SMILES string of the molecule is CCOc1cc2c(cc1NC(=O)c1cc3ccccc3[nH]1)O[C@@H](C)C2. The number of aromatic nitrogens is 1. The van der Waals surface area contributed by atoms with Gasteiger partial charge < -0.3 is 19.8 Å². The molecule has 1 amide bonds. The molecule has 5 heteroatoms. The highest BCUT2D eigenvalue weighted by Gasteiger charge is 2.23. The minimum absolute atomic E-state index is 0.143. The Morgan fingerprint density at radius 3 is 2.96 bits per heavy atom. The number of rotatable bonds is 4. The van der Waals surface area contributed by atoms with Crippen LogP contribution in [0.25, 0.3) is 10.9 Å². The average molecular weight is 336 g/mol. The predicted octanol–water partition coefficient (Wildman–Crippen LogP) is 4.14. The minimum Gasteiger partial charge on any atom is -0.492 e. The number of aromatic amines is 1. The lowest BCUT2D eigenvalue weighted by Gasteiger charge is -2.13. The summed E-state index contributed by atoms with van der Waals surface area (Å²) >= 11 is 0. The van der Waals surface area contributed by atoms with Crippen LogP contribution < -0.4 is 14.8 Å². The van der Waals surface area contributed by atoms with Gasteiger partial charge in [0, 0.05) is 29.0 Å². The van der Waals surface area contributed by atoms with Crippen molar-refractivity contribution in [2.45, 2.75) is 26.4 Å². The monoisotopic (exact) mass is 336 g/mol. The zero-order valence-corrected chi connectivity index (χ0v) is 14.3. The lowest BCUT2D eigenvalue weighted by molar-refractivity contribution is 0.102. The molecular formula is C20H20N2O3. The molecule has 0 unspecified atom stereocenters. The van der Waals surface area contributed by atoms with Crippen molar-refractivity contribution in [2.75, 3.05) is 11.9 Å². The fourth-order valence-corrected chi connectivity index (χ4v) is 3.20. The lowest BCUT2D eigenvalue weighted by Crippen LogP contribution is -2.13. The van der Waals surface area contributed by atoms with Crippen LogP contribution in [-0.4, -0.2) is 23.6 Å². The van der Waals surface area contributed by atoms with Crippen LogP contribution in [0.4, 0.5) is 5.69 Å². The molecule has 3 aromatic rings. The Morgan fingerprint density at radius 2 is 2.16 bits per heavy atom. The number of carbonyl (C=O) groups is 1. The van der Waals surface area contributed by atoms with Crippen molar-refractivity contribution in [1.29, 1.82) is 0 Å². The van der Waals surface area contributed by atoms with Gasteiger partial charge in [-0.15, -0.1) is 0 Å². The van der Waals surface area contributed by atoms with Crippen molar-refractivity contribution < 1.29 is 14.3 Å². The van der Waals surface area contributed by atoms with E-state index in [2.05, 4.69) is 10.3 Å². The normalized spacial score (nSPS) is 15.7. The summed E-state index contributed by atoms with van der Waals surface area (Å²) in [5.41, 5.74) is 3.18. The summed E-state index contributed by atoms with van der Waals surface area (Å²) in [5.74, 6) is 1.27. The van der Waals surface area contributed by atoms with Crippen LogP contribution in [0.5, 0.6) is 11.5 Å². The molecular weight excluding hydrogens is 316 g/mol.